The Balaban J connectivity index is 0.00000264. The summed E-state index contributed by atoms with van der Waals surface area (Å²) in [4.78, 5) is 11.1. The summed E-state index contributed by atoms with van der Waals surface area (Å²) >= 11 is 0. The van der Waals surface area contributed by atoms with Gasteiger partial charge in [0.05, 0.1) is 6.61 Å². The molecule has 23 heavy (non-hydrogen) atoms. The molecular formula is C18H26NNaO3. The van der Waals surface area contributed by atoms with Crippen molar-refractivity contribution in [1.29, 1.82) is 0 Å². The van der Waals surface area contributed by atoms with E-state index in [2.05, 4.69) is 25.2 Å². The molecule has 1 fully saturated rings. The van der Waals surface area contributed by atoms with Crippen molar-refractivity contribution in [1.82, 2.24) is 5.32 Å². The van der Waals surface area contributed by atoms with Crippen LogP contribution in [-0.2, 0) is 11.3 Å². The molecule has 0 saturated heterocycles. The Morgan fingerprint density at radius 2 is 2.17 bits per heavy atom. The molecule has 0 aliphatic heterocycles. The van der Waals surface area contributed by atoms with Crippen LogP contribution < -0.4 is 44.7 Å². The normalized spacial score (nSPS) is 20.3. The fraction of sp³-hybridized carbons (Fsp3) is 0.611. The van der Waals surface area contributed by atoms with Gasteiger partial charge in [0.15, 0.2) is 0 Å². The van der Waals surface area contributed by atoms with Gasteiger partial charge >= 0.3 is 29.6 Å². The van der Waals surface area contributed by atoms with E-state index in [0.717, 1.165) is 43.7 Å². The number of nitrogens with one attached hydrogen (secondary N) is 1. The molecule has 0 spiro atoms. The second kappa shape index (κ2) is 10.3. The van der Waals surface area contributed by atoms with E-state index in [1.807, 2.05) is 18.2 Å². The summed E-state index contributed by atoms with van der Waals surface area (Å²) in [6, 6.07) is 8.06. The fourth-order valence-corrected chi connectivity index (χ4v) is 3.00. The predicted molar refractivity (Wildman–Crippen MR) is 84.3 cm³/mol. The molecule has 1 N–H and O–H groups in total. The van der Waals surface area contributed by atoms with E-state index in [0.29, 0.717) is 12.5 Å². The van der Waals surface area contributed by atoms with Gasteiger partial charge in [0, 0.05) is 18.4 Å². The fourth-order valence-electron chi connectivity index (χ4n) is 3.00. The van der Waals surface area contributed by atoms with Crippen molar-refractivity contribution < 1.29 is 44.2 Å². The van der Waals surface area contributed by atoms with Gasteiger partial charge in [-0.3, -0.25) is 0 Å². The number of benzene rings is 1. The van der Waals surface area contributed by atoms with Crippen LogP contribution in [0.2, 0.25) is 0 Å². The monoisotopic (exact) mass is 327 g/mol. The molecule has 4 nitrogen and oxygen atoms in total. The van der Waals surface area contributed by atoms with Crippen molar-refractivity contribution in [2.75, 3.05) is 13.2 Å². The Morgan fingerprint density at radius 3 is 2.87 bits per heavy atom. The van der Waals surface area contributed by atoms with E-state index in [1.54, 1.807) is 0 Å². The minimum Gasteiger partial charge on any atom is -0.550 e. The van der Waals surface area contributed by atoms with Crippen molar-refractivity contribution in [3.05, 3.63) is 29.8 Å². The van der Waals surface area contributed by atoms with Crippen LogP contribution >= 0.6 is 0 Å². The molecule has 1 aromatic carbocycles. The molecule has 0 unspecified atom stereocenters. The third-order valence-electron chi connectivity index (χ3n) is 4.18. The van der Waals surface area contributed by atoms with E-state index < -0.39 is 5.97 Å². The summed E-state index contributed by atoms with van der Waals surface area (Å²) in [5, 5.41) is 14.4. The van der Waals surface area contributed by atoms with Crippen molar-refractivity contribution in [2.24, 2.45) is 17.8 Å². The number of aliphatic carboxylic acids is 1. The number of rotatable bonds is 8. The van der Waals surface area contributed by atoms with Crippen molar-refractivity contribution in [3.63, 3.8) is 0 Å². The summed E-state index contributed by atoms with van der Waals surface area (Å²) in [5.74, 6) is 0.416. The molecule has 0 aromatic heterocycles. The second-order valence-electron chi connectivity index (χ2n) is 6.60. The standard InChI is InChI=1S/C18H27NO3.Na/c1-13(2)12-22-16-7-3-5-14(9-16)10-19-11-15-6-4-8-17(15)18(20)21;/h3,5,7,9,13,15,17,19H,4,6,8,10-12H2,1-2H3,(H,20,21);/q;+1/p-1/t15-,17-;/m1./s1. The van der Waals surface area contributed by atoms with Gasteiger partial charge in [-0.15, -0.1) is 0 Å². The Hall–Kier alpha value is -0.550. The van der Waals surface area contributed by atoms with Gasteiger partial charge in [0.2, 0.25) is 0 Å². The number of carboxylic acids is 1. The maximum Gasteiger partial charge on any atom is 1.00 e. The van der Waals surface area contributed by atoms with Gasteiger partial charge in [-0.2, -0.15) is 0 Å². The summed E-state index contributed by atoms with van der Waals surface area (Å²) in [6.07, 6.45) is 2.72. The van der Waals surface area contributed by atoms with Crippen LogP contribution in [0.25, 0.3) is 0 Å². The van der Waals surface area contributed by atoms with E-state index in [1.165, 1.54) is 0 Å². The zero-order valence-corrected chi connectivity index (χ0v) is 16.5. The summed E-state index contributed by atoms with van der Waals surface area (Å²) in [6.45, 7) is 6.43. The van der Waals surface area contributed by atoms with Crippen LogP contribution in [0.5, 0.6) is 5.75 Å². The van der Waals surface area contributed by atoms with Crippen LogP contribution in [0.4, 0.5) is 0 Å². The zero-order chi connectivity index (χ0) is 15.9. The van der Waals surface area contributed by atoms with Crippen LogP contribution in [0, 0.1) is 17.8 Å². The van der Waals surface area contributed by atoms with Crippen molar-refractivity contribution in [2.45, 2.75) is 39.7 Å². The van der Waals surface area contributed by atoms with Crippen LogP contribution in [0.1, 0.15) is 38.7 Å². The Bertz CT molecular complexity index is 493. The smallest absolute Gasteiger partial charge is 0.550 e. The SMILES string of the molecule is CC(C)COc1cccc(CNC[C@H]2CCC[C@H]2C(=O)[O-])c1.[Na+]. The molecule has 1 aliphatic rings. The molecule has 0 amide bonds. The van der Waals surface area contributed by atoms with Gasteiger partial charge in [-0.25, -0.2) is 0 Å². The van der Waals surface area contributed by atoms with Gasteiger partial charge in [-0.1, -0.05) is 32.4 Å². The third-order valence-corrected chi connectivity index (χ3v) is 4.18. The first-order valence-electron chi connectivity index (χ1n) is 8.19. The number of hydrogen-bond donors (Lipinski definition) is 1. The van der Waals surface area contributed by atoms with E-state index in [-0.39, 0.29) is 41.4 Å². The van der Waals surface area contributed by atoms with Gasteiger partial charge in [0.1, 0.15) is 5.75 Å². The van der Waals surface area contributed by atoms with Crippen molar-refractivity contribution >= 4 is 5.97 Å². The molecule has 0 radical (unpaired) electrons. The first-order chi connectivity index (χ1) is 10.6. The number of carboxylic acid groups (broad SMARTS) is 1. The first kappa shape index (κ1) is 20.5. The maximum atomic E-state index is 11.1. The molecule has 1 aliphatic carbocycles. The van der Waals surface area contributed by atoms with Gasteiger partial charge in [-0.05, 0) is 48.9 Å². The molecule has 122 valence electrons. The minimum atomic E-state index is -0.895. The molecule has 1 saturated carbocycles. The Labute approximate surface area is 161 Å². The number of ether oxygens (including phenoxy) is 1. The molecule has 2 rings (SSSR count). The molecule has 0 bridgehead atoms. The first-order valence-corrected chi connectivity index (χ1v) is 8.19. The topological polar surface area (TPSA) is 61.4 Å². The summed E-state index contributed by atoms with van der Waals surface area (Å²) < 4.78 is 5.72. The van der Waals surface area contributed by atoms with E-state index in [4.69, 9.17) is 4.74 Å². The van der Waals surface area contributed by atoms with E-state index in [9.17, 15) is 9.90 Å². The Kier molecular flexibility index (Phi) is 9.22. The molecular weight excluding hydrogens is 301 g/mol. The van der Waals surface area contributed by atoms with Crippen LogP contribution in [0.15, 0.2) is 24.3 Å². The Morgan fingerprint density at radius 1 is 1.39 bits per heavy atom. The predicted octanol–water partition coefficient (Wildman–Crippen LogP) is -1.02. The van der Waals surface area contributed by atoms with E-state index >= 15 is 0 Å². The third kappa shape index (κ3) is 6.84. The van der Waals surface area contributed by atoms with Crippen molar-refractivity contribution in [3.8, 4) is 5.75 Å². The number of carbonyl (C=O) groups excluding carboxylic acids is 1. The number of carbonyl (C=O) groups is 1. The average molecular weight is 327 g/mol. The quantitative estimate of drug-likeness (QED) is 0.621. The van der Waals surface area contributed by atoms with Crippen LogP contribution in [0.3, 0.4) is 0 Å². The van der Waals surface area contributed by atoms with Gasteiger partial charge < -0.3 is 20.0 Å². The van der Waals surface area contributed by atoms with Gasteiger partial charge in [0.25, 0.3) is 0 Å². The molecule has 1 aromatic rings. The second-order valence-corrected chi connectivity index (χ2v) is 6.60. The van der Waals surface area contributed by atoms with Crippen LogP contribution in [-0.4, -0.2) is 19.1 Å². The molecule has 5 heteroatoms. The summed E-state index contributed by atoms with van der Waals surface area (Å²) in [7, 11) is 0. The zero-order valence-electron chi connectivity index (χ0n) is 14.5. The molecule has 2 atom stereocenters. The minimum absolute atomic E-state index is 0. The average Bonchev–Trinajstić information content (AvgIpc) is 2.94. The largest absolute Gasteiger partial charge is 1.00 e. The molecule has 0 heterocycles. The summed E-state index contributed by atoms with van der Waals surface area (Å²) in [5.41, 5.74) is 1.16. The maximum absolute atomic E-state index is 11.1. The number of hydrogen-bond acceptors (Lipinski definition) is 4.